The van der Waals surface area contributed by atoms with Crippen LogP contribution in [0.5, 0.6) is 5.75 Å². The van der Waals surface area contributed by atoms with E-state index in [-0.39, 0.29) is 30.7 Å². The van der Waals surface area contributed by atoms with Gasteiger partial charge < -0.3 is 14.7 Å². The van der Waals surface area contributed by atoms with E-state index in [4.69, 9.17) is 4.74 Å². The Morgan fingerprint density at radius 2 is 1.42 bits per heavy atom. The van der Waals surface area contributed by atoms with E-state index in [0.717, 1.165) is 38.0 Å². The number of likely N-dealkylation sites (tertiary alicyclic amines) is 1. The summed E-state index contributed by atoms with van der Waals surface area (Å²) >= 11 is 0. The number of rotatable bonds is 7. The topological polar surface area (TPSA) is 32.7 Å². The molecule has 1 N–H and O–H groups in total. The van der Waals surface area contributed by atoms with Crippen molar-refractivity contribution in [3.63, 3.8) is 0 Å². The number of aliphatic hydroxyl groups is 1. The third-order valence-electron chi connectivity index (χ3n) is 6.79. The normalized spacial score (nSPS) is 19.5. The monoisotopic (exact) mass is 465 g/mol. The van der Waals surface area contributed by atoms with Gasteiger partial charge in [-0.05, 0) is 62.0 Å². The average Bonchev–Trinajstić information content (AvgIpc) is 2.78. The molecule has 5 heteroatoms. The second kappa shape index (κ2) is 12.7. The van der Waals surface area contributed by atoms with Crippen molar-refractivity contribution in [2.45, 2.75) is 69.5 Å². The van der Waals surface area contributed by atoms with Gasteiger partial charge in [-0.2, -0.15) is 0 Å². The molecule has 1 aliphatic heterocycles. The molecule has 1 atom stereocenters. The van der Waals surface area contributed by atoms with Crippen molar-refractivity contribution in [3.05, 3.63) is 65.7 Å². The lowest BCUT2D eigenvalue weighted by Crippen LogP contribution is -2.45. The predicted octanol–water partition coefficient (Wildman–Crippen LogP) is 6.37. The van der Waals surface area contributed by atoms with E-state index < -0.39 is 5.60 Å². The van der Waals surface area contributed by atoms with E-state index >= 15 is 0 Å². The molecule has 172 valence electrons. The summed E-state index contributed by atoms with van der Waals surface area (Å²) in [7, 11) is 0. The van der Waals surface area contributed by atoms with Gasteiger partial charge in [0.15, 0.2) is 0 Å². The van der Waals surface area contributed by atoms with Crippen LogP contribution in [-0.4, -0.2) is 35.2 Å². The molecule has 2 aromatic carbocycles. The van der Waals surface area contributed by atoms with Crippen molar-refractivity contribution >= 4 is 24.8 Å². The van der Waals surface area contributed by atoms with Gasteiger partial charge >= 0.3 is 0 Å². The van der Waals surface area contributed by atoms with E-state index in [9.17, 15) is 5.11 Å². The largest absolute Gasteiger partial charge is 0.489 e. The fraction of sp³-hybridized carbons (Fsp3) is 0.538. The second-order valence-corrected chi connectivity index (χ2v) is 8.92. The first kappa shape index (κ1) is 26.0. The fourth-order valence-electron chi connectivity index (χ4n) is 5.04. The molecule has 1 saturated carbocycles. The summed E-state index contributed by atoms with van der Waals surface area (Å²) in [6.45, 7) is 3.90. The quantitative estimate of drug-likeness (QED) is 0.514. The Morgan fingerprint density at radius 1 is 0.806 bits per heavy atom. The maximum atomic E-state index is 11.6. The third kappa shape index (κ3) is 7.12. The lowest BCUT2D eigenvalue weighted by molar-refractivity contribution is -0.0321. The Labute approximate surface area is 200 Å². The maximum Gasteiger partial charge on any atom is 0.119 e. The van der Waals surface area contributed by atoms with E-state index in [1.54, 1.807) is 0 Å². The predicted molar refractivity (Wildman–Crippen MR) is 133 cm³/mol. The molecule has 1 aliphatic carbocycles. The summed E-state index contributed by atoms with van der Waals surface area (Å²) in [5.74, 6) is 1.08. The summed E-state index contributed by atoms with van der Waals surface area (Å²) < 4.78 is 5.97. The molecule has 0 amide bonds. The molecule has 2 aromatic rings. The Hall–Kier alpha value is -1.26. The fourth-order valence-corrected chi connectivity index (χ4v) is 5.04. The van der Waals surface area contributed by atoms with Crippen LogP contribution in [0, 0.1) is 0 Å². The number of piperidine rings is 1. The van der Waals surface area contributed by atoms with Crippen LogP contribution in [0.4, 0.5) is 0 Å². The molecular formula is C26H37Cl2NO2. The number of hydrogen-bond donors (Lipinski definition) is 1. The maximum absolute atomic E-state index is 11.6. The third-order valence-corrected chi connectivity index (χ3v) is 6.79. The van der Waals surface area contributed by atoms with Crippen LogP contribution in [-0.2, 0) is 6.61 Å². The van der Waals surface area contributed by atoms with Crippen molar-refractivity contribution in [2.75, 3.05) is 19.6 Å². The molecule has 1 unspecified atom stereocenters. The zero-order valence-electron chi connectivity index (χ0n) is 18.4. The average molecular weight is 466 g/mol. The van der Waals surface area contributed by atoms with Gasteiger partial charge in [-0.15, -0.1) is 24.8 Å². The molecular weight excluding hydrogens is 429 g/mol. The van der Waals surface area contributed by atoms with E-state index in [1.165, 1.54) is 49.9 Å². The summed E-state index contributed by atoms with van der Waals surface area (Å²) in [5.41, 5.74) is 1.87. The number of halogens is 2. The molecule has 2 fully saturated rings. The van der Waals surface area contributed by atoms with Crippen LogP contribution < -0.4 is 4.74 Å². The van der Waals surface area contributed by atoms with Crippen LogP contribution in [0.15, 0.2) is 54.6 Å². The first-order valence-corrected chi connectivity index (χ1v) is 11.4. The SMILES string of the molecule is Cl.Cl.OC1(C(CN2CCCCC2)c2ccc(OCc3ccccc3)cc2)CCCCC1. The van der Waals surface area contributed by atoms with Gasteiger partial charge in [0.2, 0.25) is 0 Å². The highest BCUT2D eigenvalue weighted by Gasteiger charge is 2.39. The van der Waals surface area contributed by atoms with Gasteiger partial charge in [-0.25, -0.2) is 0 Å². The lowest BCUT2D eigenvalue weighted by Gasteiger charge is -2.42. The van der Waals surface area contributed by atoms with Gasteiger partial charge in [0.1, 0.15) is 12.4 Å². The zero-order valence-corrected chi connectivity index (χ0v) is 20.0. The molecule has 0 radical (unpaired) electrons. The molecule has 0 bridgehead atoms. The molecule has 31 heavy (non-hydrogen) atoms. The number of nitrogens with zero attached hydrogens (tertiary/aromatic N) is 1. The van der Waals surface area contributed by atoms with Crippen LogP contribution >= 0.6 is 24.8 Å². The highest BCUT2D eigenvalue weighted by molar-refractivity contribution is 5.85. The van der Waals surface area contributed by atoms with Crippen molar-refractivity contribution in [1.82, 2.24) is 4.90 Å². The Balaban J connectivity index is 0.00000171. The number of ether oxygens (including phenoxy) is 1. The minimum absolute atomic E-state index is 0. The highest BCUT2D eigenvalue weighted by atomic mass is 35.5. The smallest absolute Gasteiger partial charge is 0.119 e. The van der Waals surface area contributed by atoms with Gasteiger partial charge in [-0.3, -0.25) is 0 Å². The molecule has 1 heterocycles. The lowest BCUT2D eigenvalue weighted by atomic mass is 9.72. The first-order chi connectivity index (χ1) is 14.2. The van der Waals surface area contributed by atoms with E-state index in [0.29, 0.717) is 6.61 Å². The molecule has 0 spiro atoms. The van der Waals surface area contributed by atoms with Gasteiger partial charge in [-0.1, -0.05) is 68.1 Å². The Kier molecular flexibility index (Phi) is 10.6. The minimum atomic E-state index is -0.567. The molecule has 1 saturated heterocycles. The highest BCUT2D eigenvalue weighted by Crippen LogP contribution is 2.41. The second-order valence-electron chi connectivity index (χ2n) is 8.92. The molecule has 4 rings (SSSR count). The summed E-state index contributed by atoms with van der Waals surface area (Å²) in [4.78, 5) is 2.57. The minimum Gasteiger partial charge on any atom is -0.489 e. The van der Waals surface area contributed by atoms with Crippen LogP contribution in [0.3, 0.4) is 0 Å². The van der Waals surface area contributed by atoms with Gasteiger partial charge in [0.05, 0.1) is 5.60 Å². The summed E-state index contributed by atoms with van der Waals surface area (Å²) in [6, 6.07) is 18.8. The summed E-state index contributed by atoms with van der Waals surface area (Å²) in [5, 5.41) is 11.6. The molecule has 0 aromatic heterocycles. The molecule has 2 aliphatic rings. The Bertz CT molecular complexity index is 742. The van der Waals surface area contributed by atoms with Gasteiger partial charge in [0, 0.05) is 12.5 Å². The summed E-state index contributed by atoms with van der Waals surface area (Å²) in [6.07, 6.45) is 9.32. The van der Waals surface area contributed by atoms with Crippen molar-refractivity contribution in [3.8, 4) is 5.75 Å². The first-order valence-electron chi connectivity index (χ1n) is 11.4. The standard InChI is InChI=1S/C26H35NO2.2ClH/c28-26(16-6-2-7-17-26)25(20-27-18-8-3-9-19-27)23-12-14-24(15-13-23)29-21-22-10-4-1-5-11-22;;/h1,4-5,10-15,25,28H,2-3,6-9,16-21H2;2*1H. The van der Waals surface area contributed by atoms with Gasteiger partial charge in [0.25, 0.3) is 0 Å². The van der Waals surface area contributed by atoms with Crippen molar-refractivity contribution in [2.24, 2.45) is 0 Å². The van der Waals surface area contributed by atoms with Crippen LogP contribution in [0.1, 0.15) is 68.4 Å². The number of benzene rings is 2. The van der Waals surface area contributed by atoms with Crippen LogP contribution in [0.25, 0.3) is 0 Å². The number of hydrogen-bond acceptors (Lipinski definition) is 3. The molecule has 3 nitrogen and oxygen atoms in total. The van der Waals surface area contributed by atoms with E-state index in [2.05, 4.69) is 41.3 Å². The Morgan fingerprint density at radius 3 is 2.06 bits per heavy atom. The van der Waals surface area contributed by atoms with E-state index in [1.807, 2.05) is 18.2 Å². The zero-order chi connectivity index (χ0) is 19.9. The van der Waals surface area contributed by atoms with Crippen LogP contribution in [0.2, 0.25) is 0 Å². The van der Waals surface area contributed by atoms with Crippen molar-refractivity contribution < 1.29 is 9.84 Å². The van der Waals surface area contributed by atoms with Crippen molar-refractivity contribution in [1.29, 1.82) is 0 Å².